The highest BCUT2D eigenvalue weighted by atomic mass is 15.3. The summed E-state index contributed by atoms with van der Waals surface area (Å²) in [5.41, 5.74) is 7.61. The van der Waals surface area contributed by atoms with Gasteiger partial charge in [0.05, 0.1) is 11.2 Å². The van der Waals surface area contributed by atoms with E-state index in [9.17, 15) is 0 Å². The lowest BCUT2D eigenvalue weighted by molar-refractivity contribution is 0.601. The monoisotopic (exact) mass is 353 g/mol. The van der Waals surface area contributed by atoms with Gasteiger partial charge in [0.2, 0.25) is 0 Å². The van der Waals surface area contributed by atoms with E-state index in [0.717, 1.165) is 19.3 Å². The minimum Gasteiger partial charge on any atom is -0.354 e. The Balaban J connectivity index is 1.86. The molecular formula is C24H23N3. The number of anilines is 2. The Hall–Kier alpha value is -3.07. The highest BCUT2D eigenvalue weighted by molar-refractivity contribution is 6.15. The first-order valence-electron chi connectivity index (χ1n) is 9.67. The van der Waals surface area contributed by atoms with Crippen LogP contribution in [0.25, 0.3) is 21.8 Å². The Labute approximate surface area is 159 Å². The zero-order valence-corrected chi connectivity index (χ0v) is 15.6. The first-order chi connectivity index (χ1) is 13.3. The fourth-order valence-corrected chi connectivity index (χ4v) is 4.49. The molecular weight excluding hydrogens is 330 g/mol. The summed E-state index contributed by atoms with van der Waals surface area (Å²) in [6, 6.07) is 21.8. The van der Waals surface area contributed by atoms with Gasteiger partial charge in [0.25, 0.3) is 0 Å². The van der Waals surface area contributed by atoms with Crippen LogP contribution in [0, 0.1) is 0 Å². The molecule has 0 fully saturated rings. The molecule has 0 saturated heterocycles. The van der Waals surface area contributed by atoms with Crippen molar-refractivity contribution in [3.63, 3.8) is 0 Å². The first kappa shape index (κ1) is 16.1. The summed E-state index contributed by atoms with van der Waals surface area (Å²) in [7, 11) is 0. The number of benzene rings is 3. The number of aliphatic imine (C=N–C) groups is 1. The van der Waals surface area contributed by atoms with Gasteiger partial charge >= 0.3 is 0 Å². The molecule has 1 unspecified atom stereocenters. The number of aromatic nitrogens is 1. The molecule has 3 heteroatoms. The summed E-state index contributed by atoms with van der Waals surface area (Å²) in [6.45, 7) is 6.11. The van der Waals surface area contributed by atoms with E-state index >= 15 is 0 Å². The Kier molecular flexibility index (Phi) is 3.75. The molecule has 0 spiro atoms. The zero-order valence-electron chi connectivity index (χ0n) is 15.6. The Bertz CT molecular complexity index is 1150. The predicted molar refractivity (Wildman–Crippen MR) is 115 cm³/mol. The van der Waals surface area contributed by atoms with Crippen LogP contribution in [-0.4, -0.2) is 17.9 Å². The molecule has 27 heavy (non-hydrogen) atoms. The minimum atomic E-state index is 0.0595. The molecule has 2 heterocycles. The van der Waals surface area contributed by atoms with Crippen LogP contribution in [0.3, 0.4) is 0 Å². The number of rotatable bonds is 3. The van der Waals surface area contributed by atoms with E-state index in [-0.39, 0.29) is 6.17 Å². The van der Waals surface area contributed by atoms with Crippen LogP contribution >= 0.6 is 0 Å². The van der Waals surface area contributed by atoms with Crippen molar-refractivity contribution in [2.45, 2.75) is 32.4 Å². The van der Waals surface area contributed by atoms with Crippen LogP contribution in [0.2, 0.25) is 0 Å². The standard InChI is InChI=1S/C24H23N3/c1-3-16-12-14-21(23-18-9-5-6-10-19(18)26-24(16)23)27-20-11-7-4-8-17(20)13-15-22(27)25-2/h4-12,14,22,26H,2-3,13,15H2,1H3. The third-order valence-electron chi connectivity index (χ3n) is 5.80. The molecule has 3 aromatic carbocycles. The summed E-state index contributed by atoms with van der Waals surface area (Å²) >= 11 is 0. The second-order valence-electron chi connectivity index (χ2n) is 7.22. The number of nitrogens with zero attached hydrogens (tertiary/aromatic N) is 2. The number of H-pyrrole nitrogens is 1. The van der Waals surface area contributed by atoms with Crippen molar-refractivity contribution in [2.24, 2.45) is 4.99 Å². The molecule has 0 bridgehead atoms. The van der Waals surface area contributed by atoms with Crippen molar-refractivity contribution in [3.05, 3.63) is 71.8 Å². The Morgan fingerprint density at radius 1 is 1.04 bits per heavy atom. The van der Waals surface area contributed by atoms with E-state index in [1.54, 1.807) is 0 Å². The van der Waals surface area contributed by atoms with E-state index < -0.39 is 0 Å². The van der Waals surface area contributed by atoms with Crippen molar-refractivity contribution in [1.29, 1.82) is 0 Å². The molecule has 134 valence electrons. The first-order valence-corrected chi connectivity index (χ1v) is 9.67. The lowest BCUT2D eigenvalue weighted by atomic mass is 9.97. The highest BCUT2D eigenvalue weighted by Gasteiger charge is 2.28. The summed E-state index contributed by atoms with van der Waals surface area (Å²) < 4.78 is 0. The maximum absolute atomic E-state index is 4.48. The van der Waals surface area contributed by atoms with Crippen molar-refractivity contribution in [2.75, 3.05) is 4.90 Å². The zero-order chi connectivity index (χ0) is 18.4. The van der Waals surface area contributed by atoms with E-state index in [1.807, 2.05) is 0 Å². The van der Waals surface area contributed by atoms with E-state index in [4.69, 9.17) is 0 Å². The Morgan fingerprint density at radius 3 is 2.70 bits per heavy atom. The molecule has 1 aromatic heterocycles. The van der Waals surface area contributed by atoms with Gasteiger partial charge in [-0.05, 0) is 55.3 Å². The van der Waals surface area contributed by atoms with Gasteiger partial charge in [-0.3, -0.25) is 4.99 Å². The number of nitrogens with one attached hydrogen (secondary N) is 1. The van der Waals surface area contributed by atoms with E-state index in [2.05, 4.69) is 89.2 Å². The van der Waals surface area contributed by atoms with Crippen molar-refractivity contribution in [3.8, 4) is 0 Å². The molecule has 1 atom stereocenters. The second kappa shape index (κ2) is 6.27. The van der Waals surface area contributed by atoms with Gasteiger partial charge in [-0.2, -0.15) is 0 Å². The molecule has 0 radical (unpaired) electrons. The molecule has 0 aliphatic carbocycles. The van der Waals surface area contributed by atoms with Gasteiger partial charge in [-0.15, -0.1) is 0 Å². The Morgan fingerprint density at radius 2 is 1.85 bits per heavy atom. The number of aromatic amines is 1. The van der Waals surface area contributed by atoms with Crippen LogP contribution < -0.4 is 4.90 Å². The van der Waals surface area contributed by atoms with Crippen LogP contribution in [0.15, 0.2) is 65.7 Å². The fraction of sp³-hybridized carbons (Fsp3) is 0.208. The SMILES string of the molecule is C=NC1CCc2ccccc2N1c1ccc(CC)c2[nH]c3ccccc3c12. The number of hydrogen-bond donors (Lipinski definition) is 1. The van der Waals surface area contributed by atoms with E-state index in [0.29, 0.717) is 0 Å². The maximum Gasteiger partial charge on any atom is 0.125 e. The minimum absolute atomic E-state index is 0.0595. The smallest absolute Gasteiger partial charge is 0.125 e. The lowest BCUT2D eigenvalue weighted by Crippen LogP contribution is -2.34. The van der Waals surface area contributed by atoms with Crippen molar-refractivity contribution in [1.82, 2.24) is 4.98 Å². The summed E-state index contributed by atoms with van der Waals surface area (Å²) in [5, 5.41) is 2.55. The third kappa shape index (κ3) is 2.38. The van der Waals surface area contributed by atoms with E-state index in [1.165, 1.54) is 44.3 Å². The van der Waals surface area contributed by atoms with Gasteiger partial charge in [0, 0.05) is 22.0 Å². The van der Waals surface area contributed by atoms with Crippen LogP contribution in [0.4, 0.5) is 11.4 Å². The van der Waals surface area contributed by atoms with Crippen LogP contribution in [0.5, 0.6) is 0 Å². The van der Waals surface area contributed by atoms with Gasteiger partial charge in [0.1, 0.15) is 6.17 Å². The number of fused-ring (bicyclic) bond motifs is 4. The molecule has 3 nitrogen and oxygen atoms in total. The molecule has 1 aliphatic heterocycles. The van der Waals surface area contributed by atoms with Gasteiger partial charge in [-0.25, -0.2) is 0 Å². The summed E-state index contributed by atoms with van der Waals surface area (Å²) in [4.78, 5) is 10.5. The molecule has 1 N–H and O–H groups in total. The highest BCUT2D eigenvalue weighted by Crippen LogP contribution is 2.43. The van der Waals surface area contributed by atoms with Gasteiger partial charge in [-0.1, -0.05) is 49.4 Å². The van der Waals surface area contributed by atoms with Gasteiger partial charge in [0.15, 0.2) is 0 Å². The van der Waals surface area contributed by atoms with Crippen molar-refractivity contribution >= 4 is 39.9 Å². The van der Waals surface area contributed by atoms with Crippen LogP contribution in [0.1, 0.15) is 24.5 Å². The molecule has 4 aromatic rings. The number of para-hydroxylation sites is 2. The number of hydrogen-bond acceptors (Lipinski definition) is 2. The normalized spacial score (nSPS) is 16.6. The molecule has 1 aliphatic rings. The summed E-state index contributed by atoms with van der Waals surface area (Å²) in [6.07, 6.45) is 3.09. The predicted octanol–water partition coefficient (Wildman–Crippen LogP) is 5.99. The third-order valence-corrected chi connectivity index (χ3v) is 5.80. The molecule has 0 amide bonds. The van der Waals surface area contributed by atoms with Crippen LogP contribution in [-0.2, 0) is 12.8 Å². The topological polar surface area (TPSA) is 31.4 Å². The number of aryl methyl sites for hydroxylation is 2. The second-order valence-corrected chi connectivity index (χ2v) is 7.22. The van der Waals surface area contributed by atoms with Crippen molar-refractivity contribution < 1.29 is 0 Å². The van der Waals surface area contributed by atoms with Gasteiger partial charge < -0.3 is 9.88 Å². The fourth-order valence-electron chi connectivity index (χ4n) is 4.49. The average molecular weight is 353 g/mol. The summed E-state index contributed by atoms with van der Waals surface area (Å²) in [5.74, 6) is 0. The molecule has 0 saturated carbocycles. The molecule has 5 rings (SSSR count). The average Bonchev–Trinajstić information content (AvgIpc) is 3.12. The largest absolute Gasteiger partial charge is 0.354 e. The lowest BCUT2D eigenvalue weighted by Gasteiger charge is -2.37. The quantitative estimate of drug-likeness (QED) is 0.450. The maximum atomic E-state index is 4.48.